The number of rotatable bonds is 1. The molecule has 6 nitrogen and oxygen atoms in total. The van der Waals surface area contributed by atoms with Gasteiger partial charge in [-0.1, -0.05) is 13.8 Å². The van der Waals surface area contributed by atoms with Gasteiger partial charge in [-0.25, -0.2) is 0 Å². The van der Waals surface area contributed by atoms with E-state index in [4.69, 9.17) is 23.7 Å². The molecule has 3 aliphatic heterocycles. The molecule has 0 amide bonds. The Morgan fingerprint density at radius 1 is 0.742 bits per heavy atom. The average Bonchev–Trinajstić information content (AvgIpc) is 3.07. The van der Waals surface area contributed by atoms with Gasteiger partial charge in [-0.2, -0.15) is 0 Å². The molecule has 3 heterocycles. The van der Waals surface area contributed by atoms with Crippen molar-refractivity contribution in [1.29, 1.82) is 0 Å². The molecule has 3 saturated heterocycles. The van der Waals surface area contributed by atoms with E-state index in [9.17, 15) is 5.11 Å². The van der Waals surface area contributed by atoms with Gasteiger partial charge in [-0.05, 0) is 63.2 Å². The first-order chi connectivity index (χ1) is 14.7. The van der Waals surface area contributed by atoms with Crippen molar-refractivity contribution in [1.82, 2.24) is 0 Å². The normalized spacial score (nSPS) is 58.5. The van der Waals surface area contributed by atoms with E-state index < -0.39 is 17.2 Å². The highest BCUT2D eigenvalue weighted by molar-refractivity contribution is 5.27. The predicted octanol–water partition coefficient (Wildman–Crippen LogP) is 3.40. The molecule has 0 radical (unpaired) electrons. The Balaban J connectivity index is 1.21. The van der Waals surface area contributed by atoms with E-state index in [1.165, 1.54) is 0 Å². The van der Waals surface area contributed by atoms with Crippen molar-refractivity contribution in [2.45, 2.75) is 101 Å². The maximum absolute atomic E-state index is 12.1. The minimum atomic E-state index is -0.922. The van der Waals surface area contributed by atoms with Crippen LogP contribution in [-0.4, -0.2) is 60.4 Å². The highest BCUT2D eigenvalue weighted by Crippen LogP contribution is 2.76. The number of epoxide rings is 1. The molecule has 8 atom stereocenters. The number of fused-ring (bicyclic) bond motifs is 4. The third-order valence-electron chi connectivity index (χ3n) is 11.6. The van der Waals surface area contributed by atoms with E-state index in [1.54, 1.807) is 0 Å². The lowest BCUT2D eigenvalue weighted by Crippen LogP contribution is -2.65. The maximum Gasteiger partial charge on any atom is 0.195 e. The fraction of sp³-hybridized carbons (Fsp3) is 1.00. The van der Waals surface area contributed by atoms with Crippen LogP contribution in [0, 0.1) is 28.6 Å². The lowest BCUT2D eigenvalue weighted by atomic mass is 9.43. The highest BCUT2D eigenvalue weighted by atomic mass is 16.8. The van der Waals surface area contributed by atoms with E-state index in [2.05, 4.69) is 13.8 Å². The van der Waals surface area contributed by atoms with Gasteiger partial charge in [0.05, 0.1) is 32.5 Å². The summed E-state index contributed by atoms with van der Waals surface area (Å²) in [5.41, 5.74) is -0.989. The Labute approximate surface area is 185 Å². The number of aliphatic hydroxyl groups is 1. The van der Waals surface area contributed by atoms with Crippen LogP contribution < -0.4 is 0 Å². The zero-order chi connectivity index (χ0) is 21.3. The third kappa shape index (κ3) is 2.17. The Morgan fingerprint density at radius 3 is 2.13 bits per heavy atom. The van der Waals surface area contributed by atoms with Gasteiger partial charge in [0.1, 0.15) is 11.2 Å². The molecule has 7 rings (SSSR count). The topological polar surface area (TPSA) is 69.7 Å². The van der Waals surface area contributed by atoms with Crippen molar-refractivity contribution >= 4 is 0 Å². The van der Waals surface area contributed by atoms with Gasteiger partial charge in [0.25, 0.3) is 0 Å². The molecule has 4 aliphatic carbocycles. The van der Waals surface area contributed by atoms with Gasteiger partial charge < -0.3 is 28.8 Å². The molecular formula is C25H38O6. The zero-order valence-corrected chi connectivity index (χ0v) is 19.3. The van der Waals surface area contributed by atoms with E-state index in [0.29, 0.717) is 50.3 Å². The van der Waals surface area contributed by atoms with Crippen LogP contribution in [0.25, 0.3) is 0 Å². The molecule has 174 valence electrons. The van der Waals surface area contributed by atoms with Crippen LogP contribution in [-0.2, 0) is 23.7 Å². The maximum atomic E-state index is 12.1. The largest absolute Gasteiger partial charge is 0.384 e. The summed E-state index contributed by atoms with van der Waals surface area (Å²) in [4.78, 5) is 0. The molecule has 0 unspecified atom stereocenters. The Hall–Kier alpha value is -0.240. The van der Waals surface area contributed by atoms with Crippen LogP contribution in [0.1, 0.15) is 72.1 Å². The summed E-state index contributed by atoms with van der Waals surface area (Å²) in [5.74, 6) is 0.459. The average molecular weight is 435 g/mol. The summed E-state index contributed by atoms with van der Waals surface area (Å²) >= 11 is 0. The smallest absolute Gasteiger partial charge is 0.195 e. The lowest BCUT2D eigenvalue weighted by molar-refractivity contribution is -0.301. The zero-order valence-electron chi connectivity index (χ0n) is 19.3. The second kappa shape index (κ2) is 5.87. The van der Waals surface area contributed by atoms with E-state index in [1.807, 2.05) is 6.92 Å². The molecule has 0 aromatic carbocycles. The van der Waals surface area contributed by atoms with E-state index >= 15 is 0 Å². The number of ether oxygens (including phenoxy) is 5. The highest BCUT2D eigenvalue weighted by Gasteiger charge is 2.80. The molecule has 0 aromatic rings. The molecule has 6 heteroatoms. The molecule has 0 bridgehead atoms. The summed E-state index contributed by atoms with van der Waals surface area (Å²) in [6.45, 7) is 9.38. The van der Waals surface area contributed by atoms with Gasteiger partial charge >= 0.3 is 0 Å². The van der Waals surface area contributed by atoms with Crippen LogP contribution >= 0.6 is 0 Å². The second-order valence-electron chi connectivity index (χ2n) is 12.3. The molecular weight excluding hydrogens is 396 g/mol. The third-order valence-corrected chi connectivity index (χ3v) is 11.6. The SMILES string of the molecule is CC1([C@@]2(O)CC[C@@H]3[C@@H]4C[C@@H]5O[C@@]56CC5(CC[C@]6(C)[C@@H]4CC[C@]32C)OCCO5)OCCO1. The van der Waals surface area contributed by atoms with Crippen molar-refractivity contribution in [3.05, 3.63) is 0 Å². The molecule has 31 heavy (non-hydrogen) atoms. The molecule has 0 aromatic heterocycles. The molecule has 7 aliphatic rings. The predicted molar refractivity (Wildman–Crippen MR) is 111 cm³/mol. The van der Waals surface area contributed by atoms with Gasteiger partial charge in [0, 0.05) is 23.7 Å². The minimum absolute atomic E-state index is 0.0664. The number of hydrogen-bond donors (Lipinski definition) is 1. The van der Waals surface area contributed by atoms with Crippen molar-refractivity contribution in [3.8, 4) is 0 Å². The summed E-state index contributed by atoms with van der Waals surface area (Å²) in [7, 11) is 0. The quantitative estimate of drug-likeness (QED) is 0.638. The molecule has 4 saturated carbocycles. The Bertz CT molecular complexity index is 789. The van der Waals surface area contributed by atoms with Crippen LogP contribution in [0.4, 0.5) is 0 Å². The fourth-order valence-corrected chi connectivity index (χ4v) is 9.88. The molecule has 1 N–H and O–H groups in total. The van der Waals surface area contributed by atoms with Gasteiger partial charge in [-0.3, -0.25) is 0 Å². The Morgan fingerprint density at radius 2 is 1.39 bits per heavy atom. The first-order valence-corrected chi connectivity index (χ1v) is 12.7. The van der Waals surface area contributed by atoms with Gasteiger partial charge in [0.2, 0.25) is 0 Å². The van der Waals surface area contributed by atoms with Gasteiger partial charge in [-0.15, -0.1) is 0 Å². The minimum Gasteiger partial charge on any atom is -0.384 e. The van der Waals surface area contributed by atoms with E-state index in [0.717, 1.165) is 51.4 Å². The second-order valence-corrected chi connectivity index (χ2v) is 12.3. The monoisotopic (exact) mass is 434 g/mol. The standard InChI is InChI=1S/C25H38O6/c1-20-8-9-23(29-12-13-30-23)15-24(20)19(31-24)14-16-17(20)4-6-21(2)18(16)5-7-25(21,26)22(3)27-10-11-28-22/h16-19,26H,4-15H2,1-3H3/t16-,17-,18-,19+,20-,21-,24+,25-/m1/s1. The molecule has 7 fully saturated rings. The fourth-order valence-electron chi connectivity index (χ4n) is 9.88. The van der Waals surface area contributed by atoms with Gasteiger partial charge in [0.15, 0.2) is 11.6 Å². The van der Waals surface area contributed by atoms with Crippen LogP contribution in [0.5, 0.6) is 0 Å². The van der Waals surface area contributed by atoms with Crippen molar-refractivity contribution < 1.29 is 28.8 Å². The first kappa shape index (κ1) is 20.2. The van der Waals surface area contributed by atoms with Crippen LogP contribution in [0.3, 0.4) is 0 Å². The first-order valence-electron chi connectivity index (χ1n) is 12.7. The summed E-state index contributed by atoms with van der Waals surface area (Å²) in [6.07, 6.45) is 8.44. The Kier molecular flexibility index (Phi) is 3.82. The van der Waals surface area contributed by atoms with Crippen molar-refractivity contribution in [2.24, 2.45) is 28.6 Å². The van der Waals surface area contributed by atoms with Crippen LogP contribution in [0.15, 0.2) is 0 Å². The number of hydrogen-bond acceptors (Lipinski definition) is 6. The summed E-state index contributed by atoms with van der Waals surface area (Å²) < 4.78 is 31.0. The summed E-state index contributed by atoms with van der Waals surface area (Å²) in [6, 6.07) is 0. The summed E-state index contributed by atoms with van der Waals surface area (Å²) in [5, 5.41) is 12.1. The van der Waals surface area contributed by atoms with Crippen molar-refractivity contribution in [2.75, 3.05) is 26.4 Å². The lowest BCUT2D eigenvalue weighted by Gasteiger charge is -2.61. The van der Waals surface area contributed by atoms with Crippen molar-refractivity contribution in [3.63, 3.8) is 0 Å². The molecule has 2 spiro atoms. The van der Waals surface area contributed by atoms with Crippen LogP contribution in [0.2, 0.25) is 0 Å². The van der Waals surface area contributed by atoms with E-state index in [-0.39, 0.29) is 16.4 Å².